The molecule has 0 bridgehead atoms. The lowest BCUT2D eigenvalue weighted by Crippen LogP contribution is -2.43. The number of aryl methyl sites for hydroxylation is 1. The first-order chi connectivity index (χ1) is 10.7. The summed E-state index contributed by atoms with van der Waals surface area (Å²) in [6, 6.07) is 2.92. The third kappa shape index (κ3) is 4.51. The molecule has 1 aromatic heterocycles. The van der Waals surface area contributed by atoms with Crippen molar-refractivity contribution in [3.8, 4) is 0 Å². The largest absolute Gasteiger partial charge is 0.478 e. The van der Waals surface area contributed by atoms with Gasteiger partial charge in [-0.3, -0.25) is 4.79 Å². The number of rotatable bonds is 3. The molecular weight excluding hydrogens is 296 g/mol. The van der Waals surface area contributed by atoms with Gasteiger partial charge < -0.3 is 14.7 Å². The molecule has 0 saturated carbocycles. The summed E-state index contributed by atoms with van der Waals surface area (Å²) in [6.07, 6.45) is 1.77. The van der Waals surface area contributed by atoms with Gasteiger partial charge in [0.2, 0.25) is 0 Å². The number of aromatic carboxylic acids is 1. The predicted molar refractivity (Wildman–Crippen MR) is 85.7 cm³/mol. The normalized spacial score (nSPS) is 16.4. The number of ether oxygens (including phenoxy) is 1. The molecule has 0 aliphatic carbocycles. The molecule has 0 radical (unpaired) electrons. The molecule has 6 nitrogen and oxygen atoms in total. The number of pyridine rings is 1. The highest BCUT2D eigenvalue weighted by atomic mass is 16.5. The van der Waals surface area contributed by atoms with Crippen LogP contribution in [0.4, 0.5) is 0 Å². The summed E-state index contributed by atoms with van der Waals surface area (Å²) in [5, 5.41) is 9.02. The minimum absolute atomic E-state index is 0.124. The van der Waals surface area contributed by atoms with E-state index in [0.717, 1.165) is 12.8 Å². The van der Waals surface area contributed by atoms with Gasteiger partial charge in [-0.1, -0.05) is 0 Å². The molecule has 1 aromatic rings. The molecule has 0 unspecified atom stereocenters. The SMILES string of the molecule is Cc1nc(C(=O)N2CCC(OC(C)(C)C)CC2)ccc1C(=O)O. The first-order valence-corrected chi connectivity index (χ1v) is 7.85. The minimum Gasteiger partial charge on any atom is -0.478 e. The maximum absolute atomic E-state index is 12.5. The second kappa shape index (κ2) is 6.66. The third-order valence-corrected chi connectivity index (χ3v) is 3.78. The number of carbonyl (C=O) groups excluding carboxylic acids is 1. The van der Waals surface area contributed by atoms with Gasteiger partial charge in [-0.05, 0) is 52.7 Å². The first-order valence-electron chi connectivity index (χ1n) is 7.85. The van der Waals surface area contributed by atoms with E-state index in [9.17, 15) is 9.59 Å². The van der Waals surface area contributed by atoms with Crippen molar-refractivity contribution < 1.29 is 19.4 Å². The average Bonchev–Trinajstić information content (AvgIpc) is 2.45. The molecular formula is C17H24N2O4. The maximum Gasteiger partial charge on any atom is 0.337 e. The molecule has 2 rings (SSSR count). The van der Waals surface area contributed by atoms with Crippen molar-refractivity contribution in [2.24, 2.45) is 0 Å². The van der Waals surface area contributed by atoms with E-state index in [4.69, 9.17) is 9.84 Å². The average molecular weight is 320 g/mol. The molecule has 1 aliphatic rings. The summed E-state index contributed by atoms with van der Waals surface area (Å²) in [7, 11) is 0. The summed E-state index contributed by atoms with van der Waals surface area (Å²) in [6.45, 7) is 8.94. The zero-order valence-electron chi connectivity index (χ0n) is 14.1. The summed E-state index contributed by atoms with van der Waals surface area (Å²) >= 11 is 0. The molecule has 126 valence electrons. The zero-order valence-corrected chi connectivity index (χ0v) is 14.1. The molecule has 23 heavy (non-hydrogen) atoms. The van der Waals surface area contributed by atoms with Gasteiger partial charge in [0.25, 0.3) is 5.91 Å². The summed E-state index contributed by atoms with van der Waals surface area (Å²) in [5.41, 5.74) is 0.596. The van der Waals surface area contributed by atoms with Crippen LogP contribution < -0.4 is 0 Å². The fourth-order valence-electron chi connectivity index (χ4n) is 2.74. The number of aromatic nitrogens is 1. The van der Waals surface area contributed by atoms with Gasteiger partial charge in [-0.25, -0.2) is 9.78 Å². The Bertz CT molecular complexity index is 599. The van der Waals surface area contributed by atoms with Gasteiger partial charge in [0, 0.05) is 13.1 Å². The molecule has 1 saturated heterocycles. The fraction of sp³-hybridized carbons (Fsp3) is 0.588. The van der Waals surface area contributed by atoms with E-state index >= 15 is 0 Å². The van der Waals surface area contributed by atoms with E-state index in [-0.39, 0.29) is 23.2 Å². The van der Waals surface area contributed by atoms with Crippen molar-refractivity contribution in [1.82, 2.24) is 9.88 Å². The summed E-state index contributed by atoms with van der Waals surface area (Å²) in [5.74, 6) is -1.19. The van der Waals surface area contributed by atoms with Crippen LogP contribution in [-0.2, 0) is 4.74 Å². The van der Waals surface area contributed by atoms with Crippen molar-refractivity contribution in [2.45, 2.75) is 52.2 Å². The minimum atomic E-state index is -1.03. The van der Waals surface area contributed by atoms with Crippen LogP contribution in [0, 0.1) is 6.92 Å². The number of nitrogens with zero attached hydrogens (tertiary/aromatic N) is 2. The Morgan fingerprint density at radius 1 is 1.26 bits per heavy atom. The Kier molecular flexibility index (Phi) is 5.04. The van der Waals surface area contributed by atoms with Crippen molar-refractivity contribution in [3.05, 3.63) is 29.1 Å². The predicted octanol–water partition coefficient (Wildman–Crippen LogP) is 2.51. The standard InChI is InChI=1S/C17H24N2O4/c1-11-13(16(21)22)5-6-14(18-11)15(20)19-9-7-12(8-10-19)23-17(2,3)4/h5-6,12H,7-10H2,1-4H3,(H,21,22). The van der Waals surface area contributed by atoms with E-state index < -0.39 is 5.97 Å². The van der Waals surface area contributed by atoms with Crippen LogP contribution in [0.15, 0.2) is 12.1 Å². The molecule has 1 N–H and O–H groups in total. The summed E-state index contributed by atoms with van der Waals surface area (Å²) in [4.78, 5) is 29.4. The molecule has 2 heterocycles. The van der Waals surface area contributed by atoms with Gasteiger partial charge in [0.1, 0.15) is 5.69 Å². The third-order valence-electron chi connectivity index (χ3n) is 3.78. The summed E-state index contributed by atoms with van der Waals surface area (Å²) < 4.78 is 5.95. The fourth-order valence-corrected chi connectivity index (χ4v) is 2.74. The molecule has 1 amide bonds. The maximum atomic E-state index is 12.5. The number of carboxylic acid groups (broad SMARTS) is 1. The van der Waals surface area contributed by atoms with Gasteiger partial charge in [-0.15, -0.1) is 0 Å². The number of amides is 1. The lowest BCUT2D eigenvalue weighted by atomic mass is 10.1. The second-order valence-electron chi connectivity index (χ2n) is 6.86. The van der Waals surface area contributed by atoms with Crippen molar-refractivity contribution in [1.29, 1.82) is 0 Å². The van der Waals surface area contributed by atoms with E-state index in [1.54, 1.807) is 11.8 Å². The smallest absolute Gasteiger partial charge is 0.337 e. The molecule has 0 aromatic carbocycles. The molecule has 1 fully saturated rings. The quantitative estimate of drug-likeness (QED) is 0.925. The molecule has 0 atom stereocenters. The van der Waals surface area contributed by atoms with Gasteiger partial charge in [-0.2, -0.15) is 0 Å². The van der Waals surface area contributed by atoms with Crippen molar-refractivity contribution >= 4 is 11.9 Å². The van der Waals surface area contributed by atoms with Crippen LogP contribution >= 0.6 is 0 Å². The highest BCUT2D eigenvalue weighted by Crippen LogP contribution is 2.21. The Labute approximate surface area is 136 Å². The number of hydrogen-bond donors (Lipinski definition) is 1. The van der Waals surface area contributed by atoms with Crippen molar-refractivity contribution in [3.63, 3.8) is 0 Å². The second-order valence-corrected chi connectivity index (χ2v) is 6.86. The van der Waals surface area contributed by atoms with Crippen LogP contribution in [0.2, 0.25) is 0 Å². The van der Waals surface area contributed by atoms with E-state index in [1.807, 2.05) is 20.8 Å². The van der Waals surface area contributed by atoms with Gasteiger partial charge in [0.05, 0.1) is 23.0 Å². The topological polar surface area (TPSA) is 79.7 Å². The first kappa shape index (κ1) is 17.4. The van der Waals surface area contributed by atoms with Crippen LogP contribution in [0.5, 0.6) is 0 Å². The van der Waals surface area contributed by atoms with Gasteiger partial charge in [0.15, 0.2) is 0 Å². The monoisotopic (exact) mass is 320 g/mol. The number of carboxylic acids is 1. The molecule has 6 heteroatoms. The lowest BCUT2D eigenvalue weighted by molar-refractivity contribution is -0.0791. The van der Waals surface area contributed by atoms with Crippen LogP contribution in [0.1, 0.15) is 60.2 Å². The highest BCUT2D eigenvalue weighted by molar-refractivity contribution is 5.94. The van der Waals surface area contributed by atoms with Crippen LogP contribution in [0.25, 0.3) is 0 Å². The number of likely N-dealkylation sites (tertiary alicyclic amines) is 1. The van der Waals surface area contributed by atoms with Gasteiger partial charge >= 0.3 is 5.97 Å². The Hall–Kier alpha value is -1.95. The number of piperidine rings is 1. The lowest BCUT2D eigenvalue weighted by Gasteiger charge is -2.35. The highest BCUT2D eigenvalue weighted by Gasteiger charge is 2.27. The number of carbonyl (C=O) groups is 2. The van der Waals surface area contributed by atoms with Crippen LogP contribution in [0.3, 0.4) is 0 Å². The van der Waals surface area contributed by atoms with Crippen LogP contribution in [-0.4, -0.2) is 51.7 Å². The Morgan fingerprint density at radius 2 is 1.87 bits per heavy atom. The molecule has 0 spiro atoms. The Morgan fingerprint density at radius 3 is 2.35 bits per heavy atom. The molecule has 1 aliphatic heterocycles. The zero-order chi connectivity index (χ0) is 17.2. The van der Waals surface area contributed by atoms with E-state index in [2.05, 4.69) is 4.98 Å². The number of hydrogen-bond acceptors (Lipinski definition) is 4. The van der Waals surface area contributed by atoms with Crippen molar-refractivity contribution in [2.75, 3.05) is 13.1 Å². The van der Waals surface area contributed by atoms with E-state index in [1.165, 1.54) is 12.1 Å². The van der Waals surface area contributed by atoms with E-state index in [0.29, 0.717) is 24.5 Å². The Balaban J connectivity index is 2.00.